The predicted octanol–water partition coefficient (Wildman–Crippen LogP) is 3.13. The summed E-state index contributed by atoms with van der Waals surface area (Å²) in [6.07, 6.45) is 4.00. The van der Waals surface area contributed by atoms with Crippen LogP contribution in [0.1, 0.15) is 50.5 Å². The Morgan fingerprint density at radius 2 is 2.12 bits per heavy atom. The molecule has 1 atom stereocenters. The molecule has 25 heavy (non-hydrogen) atoms. The average Bonchev–Trinajstić information content (AvgIpc) is 3.21. The molecular formula is C18H21N5OS. The van der Waals surface area contributed by atoms with Gasteiger partial charge in [0.05, 0.1) is 5.01 Å². The Morgan fingerprint density at radius 1 is 1.28 bits per heavy atom. The summed E-state index contributed by atoms with van der Waals surface area (Å²) in [7, 11) is 0. The number of carbonyl (C=O) groups excluding carboxylic acids is 1. The Balaban J connectivity index is 1.59. The van der Waals surface area contributed by atoms with E-state index >= 15 is 0 Å². The molecule has 0 aromatic carbocycles. The number of hydrogen-bond donors (Lipinski definition) is 0. The topological polar surface area (TPSA) is 63.4 Å². The number of aryl methyl sites for hydroxylation is 3. The molecule has 0 N–H and O–H groups in total. The maximum atomic E-state index is 13.0. The van der Waals surface area contributed by atoms with Crippen molar-refractivity contribution >= 4 is 22.9 Å². The molecule has 0 saturated carbocycles. The van der Waals surface area contributed by atoms with Crippen molar-refractivity contribution < 1.29 is 4.79 Å². The summed E-state index contributed by atoms with van der Waals surface area (Å²) in [5.74, 6) is 0.316. The highest BCUT2D eigenvalue weighted by molar-refractivity contribution is 7.11. The number of carbonyl (C=O) groups is 1. The molecular weight excluding hydrogens is 334 g/mol. The molecule has 0 radical (unpaired) electrons. The Morgan fingerprint density at radius 3 is 2.88 bits per heavy atom. The van der Waals surface area contributed by atoms with Crippen molar-refractivity contribution in [1.29, 1.82) is 0 Å². The minimum Gasteiger partial charge on any atom is -0.337 e. The number of thiazole rings is 1. The number of hydrogen-bond acceptors (Lipinski definition) is 5. The molecule has 6 nitrogen and oxygen atoms in total. The summed E-state index contributed by atoms with van der Waals surface area (Å²) in [6, 6.07) is 3.76. The molecule has 1 fully saturated rings. The summed E-state index contributed by atoms with van der Waals surface area (Å²) in [4.78, 5) is 25.1. The molecule has 4 rings (SSSR count). The van der Waals surface area contributed by atoms with Crippen molar-refractivity contribution in [2.75, 3.05) is 13.1 Å². The lowest BCUT2D eigenvalue weighted by Gasteiger charge is -2.31. The van der Waals surface area contributed by atoms with Crippen LogP contribution in [0.4, 0.5) is 0 Å². The number of amides is 1. The number of aromatic nitrogens is 4. The minimum absolute atomic E-state index is 0.0134. The van der Waals surface area contributed by atoms with E-state index in [1.165, 1.54) is 4.88 Å². The number of fused-ring (bicyclic) bond motifs is 1. The van der Waals surface area contributed by atoms with Gasteiger partial charge in [-0.15, -0.1) is 11.3 Å². The molecule has 0 aliphatic carbocycles. The molecule has 3 aromatic heterocycles. The first kappa shape index (κ1) is 16.2. The fourth-order valence-electron chi connectivity index (χ4n) is 3.48. The lowest BCUT2D eigenvalue weighted by Crippen LogP contribution is -2.39. The SMILES string of the molecule is Cc1cc(C)n2nc(C(=O)N3CCC[C@H](c4ncc(C)s4)C3)cc2n1. The van der Waals surface area contributed by atoms with Crippen molar-refractivity contribution in [3.8, 4) is 0 Å². The molecule has 0 unspecified atom stereocenters. The van der Waals surface area contributed by atoms with Crippen molar-refractivity contribution in [2.24, 2.45) is 0 Å². The Hall–Kier alpha value is -2.28. The summed E-state index contributed by atoms with van der Waals surface area (Å²) in [5, 5.41) is 5.62. The van der Waals surface area contributed by atoms with Gasteiger partial charge in [0.15, 0.2) is 11.3 Å². The van der Waals surface area contributed by atoms with E-state index in [1.54, 1.807) is 21.9 Å². The van der Waals surface area contributed by atoms with Crippen LogP contribution in [0.3, 0.4) is 0 Å². The maximum Gasteiger partial charge on any atom is 0.274 e. The highest BCUT2D eigenvalue weighted by Gasteiger charge is 2.28. The van der Waals surface area contributed by atoms with E-state index in [4.69, 9.17) is 0 Å². The Bertz CT molecular complexity index is 944. The summed E-state index contributed by atoms with van der Waals surface area (Å²) >= 11 is 1.73. The van der Waals surface area contributed by atoms with Gasteiger partial charge in [0.1, 0.15) is 0 Å². The average molecular weight is 355 g/mol. The van der Waals surface area contributed by atoms with Crippen molar-refractivity contribution in [1.82, 2.24) is 24.5 Å². The van der Waals surface area contributed by atoms with E-state index in [9.17, 15) is 4.79 Å². The standard InChI is InChI=1S/C18H21N5OS/c1-11-7-12(2)23-16(20-11)8-15(21-23)18(24)22-6-4-5-14(10-22)17-19-9-13(3)25-17/h7-9,14H,4-6,10H2,1-3H3/t14-/m0/s1. The molecule has 0 bridgehead atoms. The molecule has 7 heteroatoms. The van der Waals surface area contributed by atoms with Crippen LogP contribution in [0.2, 0.25) is 0 Å². The second kappa shape index (κ2) is 6.22. The van der Waals surface area contributed by atoms with Crippen LogP contribution in [0.5, 0.6) is 0 Å². The first-order chi connectivity index (χ1) is 12.0. The number of nitrogens with zero attached hydrogens (tertiary/aromatic N) is 5. The molecule has 1 aliphatic rings. The van der Waals surface area contributed by atoms with E-state index in [0.717, 1.165) is 41.4 Å². The zero-order valence-electron chi connectivity index (χ0n) is 14.7. The lowest BCUT2D eigenvalue weighted by atomic mass is 9.98. The van der Waals surface area contributed by atoms with Crippen LogP contribution in [0.15, 0.2) is 18.3 Å². The van der Waals surface area contributed by atoms with Gasteiger partial charge in [-0.2, -0.15) is 5.10 Å². The third-order valence-corrected chi connectivity index (χ3v) is 5.72. The normalized spacial score (nSPS) is 18.0. The van der Waals surface area contributed by atoms with Gasteiger partial charge in [0.25, 0.3) is 5.91 Å². The quantitative estimate of drug-likeness (QED) is 0.708. The van der Waals surface area contributed by atoms with Crippen molar-refractivity contribution in [3.05, 3.63) is 45.3 Å². The summed E-state index contributed by atoms with van der Waals surface area (Å²) in [5.41, 5.74) is 3.11. The molecule has 0 spiro atoms. The third kappa shape index (κ3) is 3.04. The van der Waals surface area contributed by atoms with Gasteiger partial charge in [-0.1, -0.05) is 0 Å². The minimum atomic E-state index is -0.0134. The largest absolute Gasteiger partial charge is 0.337 e. The van der Waals surface area contributed by atoms with Gasteiger partial charge >= 0.3 is 0 Å². The lowest BCUT2D eigenvalue weighted by molar-refractivity contribution is 0.0700. The van der Waals surface area contributed by atoms with Crippen molar-refractivity contribution in [3.63, 3.8) is 0 Å². The summed E-state index contributed by atoms with van der Waals surface area (Å²) < 4.78 is 1.74. The van der Waals surface area contributed by atoms with Crippen molar-refractivity contribution in [2.45, 2.75) is 39.5 Å². The van der Waals surface area contributed by atoms with Crippen LogP contribution >= 0.6 is 11.3 Å². The molecule has 130 valence electrons. The first-order valence-electron chi connectivity index (χ1n) is 8.57. The summed E-state index contributed by atoms with van der Waals surface area (Å²) in [6.45, 7) is 7.49. The fraction of sp³-hybridized carbons (Fsp3) is 0.444. The van der Waals surface area contributed by atoms with Crippen LogP contribution in [-0.2, 0) is 0 Å². The van der Waals surface area contributed by atoms with Gasteiger partial charge in [0, 0.05) is 47.5 Å². The molecule has 4 heterocycles. The van der Waals surface area contributed by atoms with Crippen LogP contribution in [-0.4, -0.2) is 43.5 Å². The Labute approximate surface area is 150 Å². The molecule has 1 aliphatic heterocycles. The molecule has 1 amide bonds. The second-order valence-corrected chi connectivity index (χ2v) is 8.00. The van der Waals surface area contributed by atoms with Crippen LogP contribution in [0, 0.1) is 20.8 Å². The first-order valence-corrected chi connectivity index (χ1v) is 9.38. The van der Waals surface area contributed by atoms with Gasteiger partial charge in [-0.05, 0) is 39.7 Å². The van der Waals surface area contributed by atoms with Gasteiger partial charge in [-0.3, -0.25) is 4.79 Å². The van der Waals surface area contributed by atoms with E-state index in [2.05, 4.69) is 22.0 Å². The monoisotopic (exact) mass is 355 g/mol. The van der Waals surface area contributed by atoms with Crippen LogP contribution in [0.25, 0.3) is 5.65 Å². The zero-order chi connectivity index (χ0) is 17.6. The third-order valence-electron chi connectivity index (χ3n) is 4.65. The second-order valence-electron chi connectivity index (χ2n) is 6.74. The highest BCUT2D eigenvalue weighted by atomic mass is 32.1. The van der Waals surface area contributed by atoms with Gasteiger partial charge in [0.2, 0.25) is 0 Å². The zero-order valence-corrected chi connectivity index (χ0v) is 15.5. The fourth-order valence-corrected chi connectivity index (χ4v) is 4.38. The van der Waals surface area contributed by atoms with E-state index in [-0.39, 0.29) is 5.91 Å². The number of rotatable bonds is 2. The highest BCUT2D eigenvalue weighted by Crippen LogP contribution is 2.30. The van der Waals surface area contributed by atoms with Gasteiger partial charge in [-0.25, -0.2) is 14.5 Å². The van der Waals surface area contributed by atoms with Crippen LogP contribution < -0.4 is 0 Å². The predicted molar refractivity (Wildman–Crippen MR) is 97.2 cm³/mol. The van der Waals surface area contributed by atoms with E-state index < -0.39 is 0 Å². The van der Waals surface area contributed by atoms with E-state index in [1.807, 2.05) is 31.0 Å². The number of piperidine rings is 1. The van der Waals surface area contributed by atoms with Gasteiger partial charge < -0.3 is 4.90 Å². The Kier molecular flexibility index (Phi) is 4.03. The number of likely N-dealkylation sites (tertiary alicyclic amines) is 1. The smallest absolute Gasteiger partial charge is 0.274 e. The van der Waals surface area contributed by atoms with E-state index in [0.29, 0.717) is 18.2 Å². The molecule has 3 aromatic rings. The maximum absolute atomic E-state index is 13.0. The molecule has 1 saturated heterocycles.